The van der Waals surface area contributed by atoms with Gasteiger partial charge in [-0.25, -0.2) is 0 Å². The van der Waals surface area contributed by atoms with E-state index in [1.165, 1.54) is 25.7 Å². The summed E-state index contributed by atoms with van der Waals surface area (Å²) < 4.78 is 0. The second kappa shape index (κ2) is 5.95. The number of hydrogen-bond acceptors (Lipinski definition) is 3. The second-order valence-corrected chi connectivity index (χ2v) is 7.22. The van der Waals surface area contributed by atoms with Gasteiger partial charge in [0.1, 0.15) is 0 Å². The van der Waals surface area contributed by atoms with Gasteiger partial charge in [0, 0.05) is 24.5 Å². The van der Waals surface area contributed by atoms with Crippen LogP contribution in [0.2, 0.25) is 0 Å². The summed E-state index contributed by atoms with van der Waals surface area (Å²) in [4.78, 5) is 25.1. The van der Waals surface area contributed by atoms with Crippen LogP contribution in [0.4, 0.5) is 0 Å². The van der Waals surface area contributed by atoms with Crippen molar-refractivity contribution in [2.45, 2.75) is 57.5 Å². The molecule has 3 aliphatic rings. The zero-order valence-corrected chi connectivity index (χ0v) is 12.8. The summed E-state index contributed by atoms with van der Waals surface area (Å²) in [6.07, 6.45) is 6.67. The fourth-order valence-corrected chi connectivity index (χ4v) is 3.30. The largest absolute Gasteiger partial charge is 0.480 e. The van der Waals surface area contributed by atoms with E-state index in [0.29, 0.717) is 17.9 Å². The first kappa shape index (κ1) is 14.8. The summed E-state index contributed by atoms with van der Waals surface area (Å²) in [6, 6.07) is 0.586. The molecular weight excluding hydrogens is 268 g/mol. The molecule has 0 saturated heterocycles. The summed E-state index contributed by atoms with van der Waals surface area (Å²) in [6.45, 7) is 3.07. The highest BCUT2D eigenvalue weighted by atomic mass is 16.4. The minimum Gasteiger partial charge on any atom is -0.480 e. The maximum Gasteiger partial charge on any atom is 0.317 e. The zero-order valence-electron chi connectivity index (χ0n) is 12.8. The normalized spacial score (nSPS) is 29.8. The molecule has 3 rings (SSSR count). The maximum absolute atomic E-state index is 12.1. The molecule has 0 aromatic rings. The molecule has 0 bridgehead atoms. The van der Waals surface area contributed by atoms with E-state index in [1.807, 2.05) is 6.92 Å². The van der Waals surface area contributed by atoms with Gasteiger partial charge in [-0.2, -0.15) is 0 Å². The molecular formula is C16H26N2O3. The lowest BCUT2D eigenvalue weighted by molar-refractivity contribution is -0.140. The summed E-state index contributed by atoms with van der Waals surface area (Å²) in [7, 11) is 0. The van der Waals surface area contributed by atoms with E-state index >= 15 is 0 Å². The molecule has 1 amide bonds. The van der Waals surface area contributed by atoms with Crippen LogP contribution in [-0.4, -0.2) is 47.1 Å². The van der Waals surface area contributed by atoms with Crippen LogP contribution in [0, 0.1) is 17.8 Å². The highest BCUT2D eigenvalue weighted by Crippen LogP contribution is 2.37. The molecule has 21 heavy (non-hydrogen) atoms. The van der Waals surface area contributed by atoms with Gasteiger partial charge in [-0.05, 0) is 50.4 Å². The van der Waals surface area contributed by atoms with Gasteiger partial charge >= 0.3 is 5.97 Å². The molecule has 3 fully saturated rings. The van der Waals surface area contributed by atoms with Crippen LogP contribution >= 0.6 is 0 Å². The Morgan fingerprint density at radius 3 is 2.43 bits per heavy atom. The summed E-state index contributed by atoms with van der Waals surface area (Å²) in [5.41, 5.74) is 0. The Kier molecular flexibility index (Phi) is 4.20. The molecule has 118 valence electrons. The zero-order chi connectivity index (χ0) is 15.0. The topological polar surface area (TPSA) is 69.6 Å². The van der Waals surface area contributed by atoms with Gasteiger partial charge < -0.3 is 10.4 Å². The van der Waals surface area contributed by atoms with E-state index in [0.717, 1.165) is 19.4 Å². The quantitative estimate of drug-likeness (QED) is 0.711. The molecule has 0 spiro atoms. The first-order valence-electron chi connectivity index (χ1n) is 8.29. The lowest BCUT2D eigenvalue weighted by Gasteiger charge is -2.43. The molecule has 2 N–H and O–H groups in total. The Labute approximate surface area is 126 Å². The fourth-order valence-electron chi connectivity index (χ4n) is 3.30. The number of aliphatic carboxylic acids is 1. The fraction of sp³-hybridized carbons (Fsp3) is 0.875. The van der Waals surface area contributed by atoms with Crippen molar-refractivity contribution in [1.82, 2.24) is 10.2 Å². The van der Waals surface area contributed by atoms with Crippen molar-refractivity contribution in [3.8, 4) is 0 Å². The maximum atomic E-state index is 12.1. The van der Waals surface area contributed by atoms with Crippen molar-refractivity contribution in [1.29, 1.82) is 0 Å². The van der Waals surface area contributed by atoms with Crippen LogP contribution in [0.5, 0.6) is 0 Å². The molecule has 0 radical (unpaired) electrons. The first-order valence-corrected chi connectivity index (χ1v) is 8.29. The molecule has 0 aliphatic heterocycles. The van der Waals surface area contributed by atoms with Gasteiger partial charge in [-0.15, -0.1) is 0 Å². The molecule has 1 atom stereocenters. The highest BCUT2D eigenvalue weighted by molar-refractivity contribution is 5.79. The number of carboxylic acid groups (broad SMARTS) is 1. The minimum absolute atomic E-state index is 0.139. The Morgan fingerprint density at radius 1 is 1.24 bits per heavy atom. The van der Waals surface area contributed by atoms with Crippen LogP contribution in [0.3, 0.4) is 0 Å². The molecule has 3 aliphatic carbocycles. The average Bonchev–Trinajstić information content (AvgIpc) is 3.23. The SMILES string of the molecule is C[C@H](C(=O)NC1CC(N(CC(=O)O)CC2CC2)C1)C1CC1. The lowest BCUT2D eigenvalue weighted by Crippen LogP contribution is -2.56. The Hall–Kier alpha value is -1.10. The third-order valence-electron chi connectivity index (χ3n) is 5.25. The van der Waals surface area contributed by atoms with E-state index in [2.05, 4.69) is 10.2 Å². The first-order chi connectivity index (χ1) is 10.0. The van der Waals surface area contributed by atoms with Crippen LogP contribution in [0.1, 0.15) is 45.4 Å². The number of hydrogen-bond donors (Lipinski definition) is 2. The van der Waals surface area contributed by atoms with E-state index < -0.39 is 5.97 Å². The van der Waals surface area contributed by atoms with E-state index in [9.17, 15) is 9.59 Å². The predicted molar refractivity (Wildman–Crippen MR) is 78.8 cm³/mol. The van der Waals surface area contributed by atoms with Crippen molar-refractivity contribution >= 4 is 11.9 Å². The van der Waals surface area contributed by atoms with Crippen molar-refractivity contribution in [2.75, 3.05) is 13.1 Å². The second-order valence-electron chi connectivity index (χ2n) is 7.22. The number of amides is 1. The standard InChI is InChI=1S/C16H26N2O3/c1-10(12-4-5-12)16(21)17-13-6-14(7-13)18(9-15(19)20)8-11-2-3-11/h10-14H,2-9H2,1H3,(H,17,21)(H,19,20)/t10-,13?,14?/m0/s1. The van der Waals surface area contributed by atoms with Gasteiger partial charge in [0.05, 0.1) is 6.54 Å². The van der Waals surface area contributed by atoms with Gasteiger partial charge in [0.2, 0.25) is 5.91 Å². The number of nitrogens with one attached hydrogen (secondary N) is 1. The molecule has 0 aromatic carbocycles. The Bertz CT molecular complexity index is 412. The average molecular weight is 294 g/mol. The van der Waals surface area contributed by atoms with Crippen LogP contribution in [-0.2, 0) is 9.59 Å². The predicted octanol–water partition coefficient (Wildman–Crippen LogP) is 1.48. The van der Waals surface area contributed by atoms with Gasteiger partial charge in [-0.1, -0.05) is 6.92 Å². The number of rotatable bonds is 8. The smallest absolute Gasteiger partial charge is 0.317 e. The number of carboxylic acids is 1. The lowest BCUT2D eigenvalue weighted by atomic mass is 9.84. The van der Waals surface area contributed by atoms with E-state index in [-0.39, 0.29) is 24.4 Å². The van der Waals surface area contributed by atoms with Gasteiger partial charge in [0.15, 0.2) is 0 Å². The van der Waals surface area contributed by atoms with Crippen LogP contribution in [0.15, 0.2) is 0 Å². The van der Waals surface area contributed by atoms with Crippen LogP contribution in [0.25, 0.3) is 0 Å². The Balaban J connectivity index is 1.42. The van der Waals surface area contributed by atoms with Gasteiger partial charge in [-0.3, -0.25) is 14.5 Å². The van der Waals surface area contributed by atoms with Crippen LogP contribution < -0.4 is 5.32 Å². The third kappa shape index (κ3) is 3.96. The highest BCUT2D eigenvalue weighted by Gasteiger charge is 2.39. The number of carbonyl (C=O) groups is 2. The van der Waals surface area contributed by atoms with Crippen molar-refractivity contribution in [3.05, 3.63) is 0 Å². The number of nitrogens with zero attached hydrogens (tertiary/aromatic N) is 1. The van der Waals surface area contributed by atoms with E-state index in [1.54, 1.807) is 0 Å². The summed E-state index contributed by atoms with van der Waals surface area (Å²) in [5.74, 6) is 0.885. The summed E-state index contributed by atoms with van der Waals surface area (Å²) >= 11 is 0. The molecule has 0 aromatic heterocycles. The van der Waals surface area contributed by atoms with Gasteiger partial charge in [0.25, 0.3) is 0 Å². The molecule has 3 saturated carbocycles. The van der Waals surface area contributed by atoms with Crippen molar-refractivity contribution < 1.29 is 14.7 Å². The molecule has 5 nitrogen and oxygen atoms in total. The van der Waals surface area contributed by atoms with Crippen molar-refractivity contribution in [3.63, 3.8) is 0 Å². The molecule has 5 heteroatoms. The summed E-state index contributed by atoms with van der Waals surface area (Å²) in [5, 5.41) is 12.2. The Morgan fingerprint density at radius 2 is 1.90 bits per heavy atom. The monoisotopic (exact) mass is 294 g/mol. The third-order valence-corrected chi connectivity index (χ3v) is 5.25. The van der Waals surface area contributed by atoms with Crippen molar-refractivity contribution in [2.24, 2.45) is 17.8 Å². The molecule has 0 heterocycles. The number of carbonyl (C=O) groups excluding carboxylic acids is 1. The molecule has 0 unspecified atom stereocenters. The van der Waals surface area contributed by atoms with E-state index in [4.69, 9.17) is 5.11 Å². The minimum atomic E-state index is -0.745.